The van der Waals surface area contributed by atoms with Crippen LogP contribution in [0.5, 0.6) is 5.75 Å². The average molecular weight is 283 g/mol. The lowest BCUT2D eigenvalue weighted by atomic mass is 10.0. The van der Waals surface area contributed by atoms with E-state index in [4.69, 9.17) is 4.74 Å². The van der Waals surface area contributed by atoms with Crippen molar-refractivity contribution in [1.82, 2.24) is 5.32 Å². The van der Waals surface area contributed by atoms with Crippen molar-refractivity contribution in [3.8, 4) is 5.75 Å². The topological polar surface area (TPSA) is 55.4 Å². The fraction of sp³-hybridized carbons (Fsp3) is 0.571. The third-order valence-electron chi connectivity index (χ3n) is 3.45. The molecule has 2 rings (SSSR count). The lowest BCUT2D eigenvalue weighted by molar-refractivity contribution is 0.218. The van der Waals surface area contributed by atoms with E-state index in [0.717, 1.165) is 18.8 Å². The van der Waals surface area contributed by atoms with Crippen LogP contribution in [0.15, 0.2) is 29.2 Å². The van der Waals surface area contributed by atoms with Crippen LogP contribution in [0, 0.1) is 5.92 Å². The molecule has 0 saturated carbocycles. The molecule has 0 aromatic heterocycles. The molecule has 1 aromatic carbocycles. The normalized spacial score (nSPS) is 20.2. The molecule has 1 heterocycles. The van der Waals surface area contributed by atoms with E-state index in [0.29, 0.717) is 17.4 Å². The Kier molecular flexibility index (Phi) is 4.82. The summed E-state index contributed by atoms with van der Waals surface area (Å²) in [6.45, 7) is 4.44. The lowest BCUT2D eigenvalue weighted by Gasteiger charge is -2.22. The number of piperidine rings is 1. The van der Waals surface area contributed by atoms with E-state index in [9.17, 15) is 8.42 Å². The maximum absolute atomic E-state index is 11.7. The van der Waals surface area contributed by atoms with Crippen LogP contribution < -0.4 is 10.1 Å². The first kappa shape index (κ1) is 14.3. The second kappa shape index (κ2) is 6.39. The molecule has 106 valence electrons. The number of benzene rings is 1. The molecule has 1 aromatic rings. The summed E-state index contributed by atoms with van der Waals surface area (Å²) in [4.78, 5) is 0.363. The van der Waals surface area contributed by atoms with E-state index in [2.05, 4.69) is 5.32 Å². The number of sulfone groups is 1. The van der Waals surface area contributed by atoms with E-state index in [1.807, 2.05) is 0 Å². The van der Waals surface area contributed by atoms with Gasteiger partial charge in [0, 0.05) is 12.5 Å². The predicted molar refractivity (Wildman–Crippen MR) is 75.3 cm³/mol. The van der Waals surface area contributed by atoms with Gasteiger partial charge in [0.25, 0.3) is 0 Å². The van der Waals surface area contributed by atoms with Gasteiger partial charge >= 0.3 is 0 Å². The molecule has 1 unspecified atom stereocenters. The molecule has 1 fully saturated rings. The summed E-state index contributed by atoms with van der Waals surface area (Å²) in [6, 6.07) is 6.71. The van der Waals surface area contributed by atoms with Crippen LogP contribution in [0.3, 0.4) is 0 Å². The molecule has 0 amide bonds. The zero-order valence-electron chi connectivity index (χ0n) is 11.3. The van der Waals surface area contributed by atoms with Crippen molar-refractivity contribution in [2.45, 2.75) is 24.7 Å². The second-order valence-corrected chi connectivity index (χ2v) is 7.18. The summed E-state index contributed by atoms with van der Waals surface area (Å²) in [5.74, 6) is 1.41. The van der Waals surface area contributed by atoms with Crippen LogP contribution >= 0.6 is 0 Å². The van der Waals surface area contributed by atoms with Gasteiger partial charge in [-0.25, -0.2) is 8.42 Å². The highest BCUT2D eigenvalue weighted by Gasteiger charge is 2.14. The molecular weight excluding hydrogens is 262 g/mol. The summed E-state index contributed by atoms with van der Waals surface area (Å²) in [5, 5.41) is 3.35. The minimum absolute atomic E-state index is 0.126. The van der Waals surface area contributed by atoms with Crippen molar-refractivity contribution in [3.05, 3.63) is 24.3 Å². The van der Waals surface area contributed by atoms with Crippen LogP contribution in [0.4, 0.5) is 0 Å². The molecule has 1 N–H and O–H groups in total. The van der Waals surface area contributed by atoms with Gasteiger partial charge in [-0.1, -0.05) is 6.92 Å². The van der Waals surface area contributed by atoms with E-state index in [1.165, 1.54) is 12.8 Å². The van der Waals surface area contributed by atoms with Crippen molar-refractivity contribution < 1.29 is 13.2 Å². The van der Waals surface area contributed by atoms with Gasteiger partial charge in [0.2, 0.25) is 0 Å². The largest absolute Gasteiger partial charge is 0.493 e. The zero-order chi connectivity index (χ0) is 13.7. The van der Waals surface area contributed by atoms with Crippen molar-refractivity contribution in [3.63, 3.8) is 0 Å². The molecule has 4 nitrogen and oxygen atoms in total. The molecule has 0 bridgehead atoms. The van der Waals surface area contributed by atoms with Crippen molar-refractivity contribution in [1.29, 1.82) is 0 Å². The standard InChI is InChI=1S/C14H21NO3S/c1-2-19(16,17)14-7-5-13(6-8-14)18-11-12-4-3-9-15-10-12/h5-8,12,15H,2-4,9-11H2,1H3. The van der Waals surface area contributed by atoms with Gasteiger partial charge in [-0.05, 0) is 43.7 Å². The van der Waals surface area contributed by atoms with Gasteiger partial charge in [-0.3, -0.25) is 0 Å². The third kappa shape index (κ3) is 3.94. The van der Waals surface area contributed by atoms with Crippen LogP contribution in [0.1, 0.15) is 19.8 Å². The molecule has 1 saturated heterocycles. The van der Waals surface area contributed by atoms with Crippen molar-refractivity contribution in [2.75, 3.05) is 25.4 Å². The maximum Gasteiger partial charge on any atom is 0.178 e. The lowest BCUT2D eigenvalue weighted by Crippen LogP contribution is -2.33. The third-order valence-corrected chi connectivity index (χ3v) is 5.20. The van der Waals surface area contributed by atoms with Crippen molar-refractivity contribution in [2.24, 2.45) is 5.92 Å². The van der Waals surface area contributed by atoms with E-state index >= 15 is 0 Å². The summed E-state index contributed by atoms with van der Waals surface area (Å²) < 4.78 is 29.0. The monoisotopic (exact) mass is 283 g/mol. The molecule has 1 aliphatic rings. The van der Waals surface area contributed by atoms with E-state index in [-0.39, 0.29) is 5.75 Å². The fourth-order valence-corrected chi connectivity index (χ4v) is 3.07. The summed E-state index contributed by atoms with van der Waals surface area (Å²) in [6.07, 6.45) is 2.39. The Morgan fingerprint density at radius 3 is 2.63 bits per heavy atom. The Balaban J connectivity index is 1.91. The smallest absolute Gasteiger partial charge is 0.178 e. The summed E-state index contributed by atoms with van der Waals surface area (Å²) >= 11 is 0. The average Bonchev–Trinajstić information content (AvgIpc) is 2.47. The summed E-state index contributed by atoms with van der Waals surface area (Å²) in [5.41, 5.74) is 0. The first-order valence-electron chi connectivity index (χ1n) is 6.78. The number of ether oxygens (including phenoxy) is 1. The highest BCUT2D eigenvalue weighted by Crippen LogP contribution is 2.18. The Morgan fingerprint density at radius 2 is 2.05 bits per heavy atom. The fourth-order valence-electron chi connectivity index (χ4n) is 2.19. The van der Waals surface area contributed by atoms with Crippen LogP contribution in [-0.4, -0.2) is 33.9 Å². The Morgan fingerprint density at radius 1 is 1.32 bits per heavy atom. The first-order chi connectivity index (χ1) is 9.12. The molecule has 5 heteroatoms. The van der Waals surface area contributed by atoms with Crippen LogP contribution in [0.25, 0.3) is 0 Å². The predicted octanol–water partition coefficient (Wildman–Crippen LogP) is 1.86. The molecule has 0 spiro atoms. The quantitative estimate of drug-likeness (QED) is 0.896. The van der Waals surface area contributed by atoms with Gasteiger partial charge < -0.3 is 10.1 Å². The zero-order valence-corrected chi connectivity index (χ0v) is 12.1. The Hall–Kier alpha value is -1.07. The first-order valence-corrected chi connectivity index (χ1v) is 8.43. The van der Waals surface area contributed by atoms with Gasteiger partial charge in [0.15, 0.2) is 9.84 Å². The van der Waals surface area contributed by atoms with Gasteiger partial charge in [0.1, 0.15) is 5.75 Å². The van der Waals surface area contributed by atoms with Gasteiger partial charge in [0.05, 0.1) is 17.3 Å². The highest BCUT2D eigenvalue weighted by atomic mass is 32.2. The summed E-state index contributed by atoms with van der Waals surface area (Å²) in [7, 11) is -3.12. The molecule has 19 heavy (non-hydrogen) atoms. The van der Waals surface area contributed by atoms with Gasteiger partial charge in [-0.15, -0.1) is 0 Å². The Bertz CT molecular complexity index is 490. The molecule has 1 atom stereocenters. The van der Waals surface area contributed by atoms with E-state index in [1.54, 1.807) is 31.2 Å². The number of hydrogen-bond donors (Lipinski definition) is 1. The van der Waals surface area contributed by atoms with Crippen molar-refractivity contribution >= 4 is 9.84 Å². The minimum Gasteiger partial charge on any atom is -0.493 e. The molecular formula is C14H21NO3S. The molecule has 0 aliphatic carbocycles. The molecule has 0 radical (unpaired) electrons. The second-order valence-electron chi connectivity index (χ2n) is 4.90. The number of nitrogens with one attached hydrogen (secondary N) is 1. The van der Waals surface area contributed by atoms with Crippen LogP contribution in [0.2, 0.25) is 0 Å². The SMILES string of the molecule is CCS(=O)(=O)c1ccc(OCC2CCCNC2)cc1. The minimum atomic E-state index is -3.12. The Labute approximate surface area is 115 Å². The molecule has 1 aliphatic heterocycles. The van der Waals surface area contributed by atoms with Crippen LogP contribution in [-0.2, 0) is 9.84 Å². The number of hydrogen-bond acceptors (Lipinski definition) is 4. The van der Waals surface area contributed by atoms with E-state index < -0.39 is 9.84 Å². The number of rotatable bonds is 5. The maximum atomic E-state index is 11.7. The van der Waals surface area contributed by atoms with Gasteiger partial charge in [-0.2, -0.15) is 0 Å². The highest BCUT2D eigenvalue weighted by molar-refractivity contribution is 7.91.